The zero-order valence-corrected chi connectivity index (χ0v) is 21.3. The molecule has 0 amide bonds. The molecule has 196 valence electrons. The van der Waals surface area contributed by atoms with Crippen LogP contribution in [0.4, 0.5) is 13.2 Å². The van der Waals surface area contributed by atoms with Crippen LogP contribution in [0, 0.1) is 23.2 Å². The minimum absolute atomic E-state index is 0.0752. The first-order valence-corrected chi connectivity index (χ1v) is 13.6. The van der Waals surface area contributed by atoms with Gasteiger partial charge in [0.05, 0.1) is 5.56 Å². The summed E-state index contributed by atoms with van der Waals surface area (Å²) < 4.78 is 39.6. The third-order valence-electron chi connectivity index (χ3n) is 9.05. The quantitative estimate of drug-likeness (QED) is 0.402. The van der Waals surface area contributed by atoms with E-state index in [4.69, 9.17) is 0 Å². The van der Waals surface area contributed by atoms with E-state index in [0.29, 0.717) is 17.3 Å². The lowest BCUT2D eigenvalue weighted by Gasteiger charge is -2.44. The smallest absolute Gasteiger partial charge is 0.416 e. The van der Waals surface area contributed by atoms with Crippen LogP contribution in [0.2, 0.25) is 0 Å². The van der Waals surface area contributed by atoms with Gasteiger partial charge < -0.3 is 5.11 Å². The Hall–Kier alpha value is -1.56. The molecule has 0 radical (unpaired) electrons. The Bertz CT molecular complexity index is 844. The molecule has 1 unspecified atom stereocenters. The lowest BCUT2D eigenvalue weighted by Crippen LogP contribution is -2.47. The standard InChI is InChI=1S/C29H42F3NO2/c1-28(2)14-13-22(17-28)19-33(18-20-5-3-4-6-20)26-12-7-21(16-27(34)35)15-25(26)23-8-10-24(11-9-23)29(30,31)32/h8-11,20-22,25-26H,3-7,12-19H2,1-2H3,(H,34,35)/t21-,22?,25+,26-/m1/s1. The summed E-state index contributed by atoms with van der Waals surface area (Å²) in [5.41, 5.74) is 0.698. The van der Waals surface area contributed by atoms with Crippen LogP contribution in [0.25, 0.3) is 0 Å². The van der Waals surface area contributed by atoms with Crippen molar-refractivity contribution in [3.05, 3.63) is 35.4 Å². The van der Waals surface area contributed by atoms with Crippen LogP contribution >= 0.6 is 0 Å². The van der Waals surface area contributed by atoms with Gasteiger partial charge in [-0.1, -0.05) is 38.8 Å². The molecule has 0 aliphatic heterocycles. The number of alkyl halides is 3. The molecular weight excluding hydrogens is 451 g/mol. The summed E-state index contributed by atoms with van der Waals surface area (Å²) in [4.78, 5) is 14.2. The molecule has 0 heterocycles. The third-order valence-corrected chi connectivity index (χ3v) is 9.05. The van der Waals surface area contributed by atoms with Crippen molar-refractivity contribution >= 4 is 5.97 Å². The number of carboxylic acid groups (broad SMARTS) is 1. The number of carbonyl (C=O) groups is 1. The molecule has 4 atom stereocenters. The summed E-state index contributed by atoms with van der Waals surface area (Å²) in [6.45, 7) is 6.85. The molecule has 0 aromatic heterocycles. The van der Waals surface area contributed by atoms with Gasteiger partial charge in [-0.25, -0.2) is 0 Å². The molecule has 3 saturated carbocycles. The van der Waals surface area contributed by atoms with E-state index in [1.54, 1.807) is 12.1 Å². The Kier molecular flexibility index (Phi) is 8.19. The van der Waals surface area contributed by atoms with Crippen molar-refractivity contribution in [3.63, 3.8) is 0 Å². The molecule has 3 nitrogen and oxygen atoms in total. The largest absolute Gasteiger partial charge is 0.481 e. The molecule has 6 heteroatoms. The minimum atomic E-state index is -4.35. The van der Waals surface area contributed by atoms with E-state index >= 15 is 0 Å². The average Bonchev–Trinajstić information content (AvgIpc) is 3.41. The molecule has 35 heavy (non-hydrogen) atoms. The van der Waals surface area contributed by atoms with Gasteiger partial charge in [-0.2, -0.15) is 13.2 Å². The molecule has 4 rings (SSSR count). The molecule has 1 aromatic rings. The Morgan fingerprint density at radius 3 is 2.20 bits per heavy atom. The fraction of sp³-hybridized carbons (Fsp3) is 0.759. The van der Waals surface area contributed by atoms with Crippen LogP contribution in [-0.4, -0.2) is 35.1 Å². The van der Waals surface area contributed by atoms with Crippen molar-refractivity contribution < 1.29 is 23.1 Å². The normalized spacial score (nSPS) is 29.7. The van der Waals surface area contributed by atoms with Crippen molar-refractivity contribution in [1.82, 2.24) is 4.90 Å². The zero-order valence-electron chi connectivity index (χ0n) is 21.3. The topological polar surface area (TPSA) is 40.5 Å². The number of rotatable bonds is 8. The minimum Gasteiger partial charge on any atom is -0.481 e. The van der Waals surface area contributed by atoms with Gasteiger partial charge in [0.1, 0.15) is 0 Å². The second-order valence-corrected chi connectivity index (χ2v) is 12.4. The Morgan fingerprint density at radius 1 is 0.971 bits per heavy atom. The highest BCUT2D eigenvalue weighted by Gasteiger charge is 2.40. The summed E-state index contributed by atoms with van der Waals surface area (Å²) in [7, 11) is 0. The van der Waals surface area contributed by atoms with Crippen LogP contribution in [0.3, 0.4) is 0 Å². The first-order chi connectivity index (χ1) is 16.5. The first kappa shape index (κ1) is 26.5. The van der Waals surface area contributed by atoms with Crippen LogP contribution in [-0.2, 0) is 11.0 Å². The number of hydrogen-bond acceptors (Lipinski definition) is 2. The second-order valence-electron chi connectivity index (χ2n) is 12.4. The van der Waals surface area contributed by atoms with Gasteiger partial charge in [-0.3, -0.25) is 9.69 Å². The maximum Gasteiger partial charge on any atom is 0.416 e. The number of carboxylic acids is 1. The van der Waals surface area contributed by atoms with Crippen molar-refractivity contribution in [2.75, 3.05) is 13.1 Å². The fourth-order valence-electron chi connectivity index (χ4n) is 7.33. The lowest BCUT2D eigenvalue weighted by molar-refractivity contribution is -0.139. The molecule has 1 N–H and O–H groups in total. The third kappa shape index (κ3) is 7.02. The summed E-state index contributed by atoms with van der Waals surface area (Å²) in [6.07, 6.45) is 7.19. The number of halogens is 3. The van der Waals surface area contributed by atoms with Crippen molar-refractivity contribution in [2.45, 2.75) is 103 Å². The van der Waals surface area contributed by atoms with Gasteiger partial charge in [-0.05, 0) is 98.1 Å². The maximum absolute atomic E-state index is 13.2. The van der Waals surface area contributed by atoms with E-state index < -0.39 is 17.7 Å². The molecule has 3 aliphatic rings. The molecule has 3 aliphatic carbocycles. The van der Waals surface area contributed by atoms with Crippen LogP contribution in [0.15, 0.2) is 24.3 Å². The van der Waals surface area contributed by atoms with Gasteiger partial charge >= 0.3 is 12.1 Å². The van der Waals surface area contributed by atoms with Crippen molar-refractivity contribution in [3.8, 4) is 0 Å². The van der Waals surface area contributed by atoms with Gasteiger partial charge in [-0.15, -0.1) is 0 Å². The van der Waals surface area contributed by atoms with E-state index in [9.17, 15) is 23.1 Å². The number of nitrogens with zero attached hydrogens (tertiary/aromatic N) is 1. The van der Waals surface area contributed by atoms with E-state index in [1.807, 2.05) is 0 Å². The lowest BCUT2D eigenvalue weighted by atomic mass is 9.72. The SMILES string of the molecule is CC1(C)CCC(CN(CC2CCCC2)[C@@H]2CC[C@@H](CC(=O)O)C[C@H]2c2ccc(C(F)(F)F)cc2)C1. The Labute approximate surface area is 208 Å². The number of benzene rings is 1. The Morgan fingerprint density at radius 2 is 1.63 bits per heavy atom. The maximum atomic E-state index is 13.2. The highest BCUT2D eigenvalue weighted by Crippen LogP contribution is 2.45. The molecule has 1 aromatic carbocycles. The average molecular weight is 494 g/mol. The zero-order chi connectivity index (χ0) is 25.2. The fourth-order valence-corrected chi connectivity index (χ4v) is 7.33. The second kappa shape index (κ2) is 10.8. The predicted molar refractivity (Wildman–Crippen MR) is 132 cm³/mol. The van der Waals surface area contributed by atoms with Crippen molar-refractivity contribution in [2.24, 2.45) is 23.2 Å². The first-order valence-electron chi connectivity index (χ1n) is 13.6. The molecule has 0 bridgehead atoms. The van der Waals surface area contributed by atoms with E-state index in [2.05, 4.69) is 18.7 Å². The molecule has 3 fully saturated rings. The van der Waals surface area contributed by atoms with Gasteiger partial charge in [0.15, 0.2) is 0 Å². The summed E-state index contributed by atoms with van der Waals surface area (Å²) >= 11 is 0. The van der Waals surface area contributed by atoms with E-state index in [-0.39, 0.29) is 24.3 Å². The highest BCUT2D eigenvalue weighted by molar-refractivity contribution is 5.67. The summed E-state index contributed by atoms with van der Waals surface area (Å²) in [6, 6.07) is 5.97. The molecule has 0 spiro atoms. The highest BCUT2D eigenvalue weighted by atomic mass is 19.4. The van der Waals surface area contributed by atoms with Crippen LogP contribution in [0.5, 0.6) is 0 Å². The van der Waals surface area contributed by atoms with E-state index in [0.717, 1.165) is 37.9 Å². The summed E-state index contributed by atoms with van der Waals surface area (Å²) in [5.74, 6) is 0.738. The van der Waals surface area contributed by atoms with Crippen molar-refractivity contribution in [1.29, 1.82) is 0 Å². The van der Waals surface area contributed by atoms with Crippen LogP contribution in [0.1, 0.15) is 102 Å². The molecular formula is C29H42F3NO2. The molecule has 0 saturated heterocycles. The number of hydrogen-bond donors (Lipinski definition) is 1. The monoisotopic (exact) mass is 493 g/mol. The summed E-state index contributed by atoms with van der Waals surface area (Å²) in [5, 5.41) is 9.42. The predicted octanol–water partition coefficient (Wildman–Crippen LogP) is 7.75. The van der Waals surface area contributed by atoms with Crippen LogP contribution < -0.4 is 0 Å². The van der Waals surface area contributed by atoms with Gasteiger partial charge in [0, 0.05) is 25.6 Å². The van der Waals surface area contributed by atoms with Gasteiger partial charge in [0.25, 0.3) is 0 Å². The Balaban J connectivity index is 1.59. The van der Waals surface area contributed by atoms with Gasteiger partial charge in [0.2, 0.25) is 0 Å². The van der Waals surface area contributed by atoms with E-state index in [1.165, 1.54) is 57.1 Å². The number of aliphatic carboxylic acids is 1.